The second-order valence-electron chi connectivity index (χ2n) is 9.72. The second kappa shape index (κ2) is 9.28. The van der Waals surface area contributed by atoms with Gasteiger partial charge in [0.25, 0.3) is 0 Å². The van der Waals surface area contributed by atoms with Gasteiger partial charge in [0.05, 0.1) is 6.54 Å². The van der Waals surface area contributed by atoms with Crippen molar-refractivity contribution in [3.05, 3.63) is 41.4 Å². The van der Waals surface area contributed by atoms with Crippen molar-refractivity contribution in [1.82, 2.24) is 4.90 Å². The summed E-state index contributed by atoms with van der Waals surface area (Å²) in [5, 5.41) is 0. The van der Waals surface area contributed by atoms with Gasteiger partial charge in [-0.05, 0) is 55.6 Å². The SMILES string of the molecule is C=C(C)/C=C(\C)c1cc(CN2CC(CCC)CC(C(C)(C)C)C2)oc1CC. The standard InChI is InChI=1S/C25H41NO/c1-9-11-20-13-21(25(6,7)8)16-26(15-20)17-22-14-23(24(10-2)27-22)19(5)12-18(3)4/h12,14,20-21H,3,9-11,13,15-17H2,1-2,4-8H3/b19-12+. The highest BCUT2D eigenvalue weighted by Crippen LogP contribution is 2.37. The quantitative estimate of drug-likeness (QED) is 0.475. The topological polar surface area (TPSA) is 16.4 Å². The molecule has 0 N–H and O–H groups in total. The Morgan fingerprint density at radius 1 is 1.26 bits per heavy atom. The fourth-order valence-corrected chi connectivity index (χ4v) is 4.50. The lowest BCUT2D eigenvalue weighted by molar-refractivity contribution is 0.0503. The van der Waals surface area contributed by atoms with Crippen LogP contribution in [0.4, 0.5) is 0 Å². The number of hydrogen-bond donors (Lipinski definition) is 0. The van der Waals surface area contributed by atoms with Gasteiger partial charge in [-0.3, -0.25) is 4.90 Å². The van der Waals surface area contributed by atoms with Crippen LogP contribution in [0.25, 0.3) is 5.57 Å². The van der Waals surface area contributed by atoms with E-state index in [9.17, 15) is 0 Å². The highest BCUT2D eigenvalue weighted by molar-refractivity contribution is 5.68. The van der Waals surface area contributed by atoms with Crippen molar-refractivity contribution in [3.63, 3.8) is 0 Å². The lowest BCUT2D eigenvalue weighted by Gasteiger charge is -2.43. The summed E-state index contributed by atoms with van der Waals surface area (Å²) in [6.07, 6.45) is 7.08. The van der Waals surface area contributed by atoms with E-state index >= 15 is 0 Å². The molecule has 0 amide bonds. The molecule has 1 aliphatic rings. The summed E-state index contributed by atoms with van der Waals surface area (Å²) in [7, 11) is 0. The molecule has 0 spiro atoms. The summed E-state index contributed by atoms with van der Waals surface area (Å²) in [5.41, 5.74) is 3.96. The van der Waals surface area contributed by atoms with Gasteiger partial charge < -0.3 is 4.42 Å². The fourth-order valence-electron chi connectivity index (χ4n) is 4.50. The van der Waals surface area contributed by atoms with Crippen molar-refractivity contribution in [2.24, 2.45) is 17.3 Å². The van der Waals surface area contributed by atoms with Crippen molar-refractivity contribution < 1.29 is 4.42 Å². The van der Waals surface area contributed by atoms with Gasteiger partial charge in [0.15, 0.2) is 0 Å². The Labute approximate surface area is 167 Å². The third kappa shape index (κ3) is 6.10. The summed E-state index contributed by atoms with van der Waals surface area (Å²) in [6, 6.07) is 2.27. The first-order valence-corrected chi connectivity index (χ1v) is 10.8. The number of allylic oxidation sites excluding steroid dienone is 3. The molecule has 2 rings (SSSR count). The summed E-state index contributed by atoms with van der Waals surface area (Å²) in [5.74, 6) is 3.79. The number of piperidine rings is 1. The number of likely N-dealkylation sites (tertiary alicyclic amines) is 1. The van der Waals surface area contributed by atoms with Crippen LogP contribution in [0, 0.1) is 17.3 Å². The Balaban J connectivity index is 2.19. The van der Waals surface area contributed by atoms with Gasteiger partial charge in [0.2, 0.25) is 0 Å². The maximum atomic E-state index is 6.27. The van der Waals surface area contributed by atoms with Gasteiger partial charge in [0, 0.05) is 25.1 Å². The molecule has 1 aliphatic heterocycles. The second-order valence-corrected chi connectivity index (χ2v) is 9.72. The van der Waals surface area contributed by atoms with Gasteiger partial charge in [-0.1, -0.05) is 59.3 Å². The number of aryl methyl sites for hydroxylation is 1. The van der Waals surface area contributed by atoms with E-state index in [0.29, 0.717) is 5.41 Å². The molecule has 0 aliphatic carbocycles. The van der Waals surface area contributed by atoms with Crippen LogP contribution in [0.1, 0.15) is 84.8 Å². The monoisotopic (exact) mass is 371 g/mol. The third-order valence-electron chi connectivity index (χ3n) is 5.98. The average Bonchev–Trinajstić information content (AvgIpc) is 2.96. The number of rotatable bonds is 7. The van der Waals surface area contributed by atoms with Gasteiger partial charge in [0.1, 0.15) is 11.5 Å². The Morgan fingerprint density at radius 2 is 1.96 bits per heavy atom. The van der Waals surface area contributed by atoms with Crippen LogP contribution in [0.3, 0.4) is 0 Å². The summed E-state index contributed by atoms with van der Waals surface area (Å²) < 4.78 is 6.27. The molecule has 1 saturated heterocycles. The maximum Gasteiger partial charge on any atom is 0.118 e. The molecule has 1 aromatic heterocycles. The first kappa shape index (κ1) is 22.0. The molecule has 0 saturated carbocycles. The maximum absolute atomic E-state index is 6.27. The lowest BCUT2D eigenvalue weighted by Crippen LogP contribution is -2.44. The third-order valence-corrected chi connectivity index (χ3v) is 5.98. The van der Waals surface area contributed by atoms with E-state index in [1.165, 1.54) is 43.5 Å². The van der Waals surface area contributed by atoms with Crippen molar-refractivity contribution in [2.75, 3.05) is 13.1 Å². The van der Waals surface area contributed by atoms with E-state index in [0.717, 1.165) is 41.9 Å². The van der Waals surface area contributed by atoms with Crippen LogP contribution in [-0.2, 0) is 13.0 Å². The van der Waals surface area contributed by atoms with Crippen LogP contribution in [0.2, 0.25) is 0 Å². The van der Waals surface area contributed by atoms with Crippen LogP contribution >= 0.6 is 0 Å². The molecule has 2 nitrogen and oxygen atoms in total. The smallest absolute Gasteiger partial charge is 0.118 e. The number of hydrogen-bond acceptors (Lipinski definition) is 2. The van der Waals surface area contributed by atoms with Gasteiger partial charge >= 0.3 is 0 Å². The molecule has 2 unspecified atom stereocenters. The van der Waals surface area contributed by atoms with E-state index < -0.39 is 0 Å². The molecular weight excluding hydrogens is 330 g/mol. The summed E-state index contributed by atoms with van der Waals surface area (Å²) in [6.45, 7) is 23.2. The predicted molar refractivity (Wildman–Crippen MR) is 118 cm³/mol. The van der Waals surface area contributed by atoms with E-state index in [4.69, 9.17) is 4.42 Å². The molecule has 1 aromatic rings. The van der Waals surface area contributed by atoms with Crippen LogP contribution in [0.5, 0.6) is 0 Å². The number of furan rings is 1. The van der Waals surface area contributed by atoms with E-state index in [2.05, 4.69) is 65.2 Å². The highest BCUT2D eigenvalue weighted by Gasteiger charge is 2.34. The predicted octanol–water partition coefficient (Wildman–Crippen LogP) is 7.11. The van der Waals surface area contributed by atoms with Gasteiger partial charge in [-0.15, -0.1) is 0 Å². The minimum atomic E-state index is 0.369. The van der Waals surface area contributed by atoms with Crippen molar-refractivity contribution in [2.45, 2.75) is 80.7 Å². The number of nitrogens with zero attached hydrogens (tertiary/aromatic N) is 1. The summed E-state index contributed by atoms with van der Waals surface area (Å²) in [4.78, 5) is 2.64. The Kier molecular flexibility index (Phi) is 7.56. The minimum Gasteiger partial charge on any atom is -0.464 e. The Hall–Kier alpha value is -1.28. The first-order valence-electron chi connectivity index (χ1n) is 10.8. The molecule has 0 radical (unpaired) electrons. The normalized spacial score (nSPS) is 22.3. The van der Waals surface area contributed by atoms with E-state index in [1.807, 2.05) is 6.92 Å². The molecule has 2 heterocycles. The Bertz CT molecular complexity index is 658. The van der Waals surface area contributed by atoms with Gasteiger partial charge in [-0.2, -0.15) is 0 Å². The minimum absolute atomic E-state index is 0.369. The van der Waals surface area contributed by atoms with Gasteiger partial charge in [-0.25, -0.2) is 0 Å². The zero-order valence-corrected chi connectivity index (χ0v) is 18.8. The van der Waals surface area contributed by atoms with Crippen molar-refractivity contribution in [3.8, 4) is 0 Å². The fraction of sp³-hybridized carbons (Fsp3) is 0.680. The largest absolute Gasteiger partial charge is 0.464 e. The molecule has 152 valence electrons. The van der Waals surface area contributed by atoms with Crippen LogP contribution in [-0.4, -0.2) is 18.0 Å². The zero-order valence-electron chi connectivity index (χ0n) is 18.8. The zero-order chi connectivity index (χ0) is 20.2. The van der Waals surface area contributed by atoms with Crippen LogP contribution < -0.4 is 0 Å². The Morgan fingerprint density at radius 3 is 2.52 bits per heavy atom. The first-order chi connectivity index (χ1) is 12.6. The average molecular weight is 372 g/mol. The van der Waals surface area contributed by atoms with Crippen molar-refractivity contribution >= 4 is 5.57 Å². The molecule has 0 aromatic carbocycles. The molecule has 2 heteroatoms. The molecule has 0 bridgehead atoms. The molecule has 2 atom stereocenters. The van der Waals surface area contributed by atoms with Crippen molar-refractivity contribution in [1.29, 1.82) is 0 Å². The van der Waals surface area contributed by atoms with E-state index in [-0.39, 0.29) is 0 Å². The lowest BCUT2D eigenvalue weighted by atomic mass is 9.72. The summed E-state index contributed by atoms with van der Waals surface area (Å²) >= 11 is 0. The highest BCUT2D eigenvalue weighted by atomic mass is 16.3. The molecule has 1 fully saturated rings. The van der Waals surface area contributed by atoms with E-state index in [1.54, 1.807) is 0 Å². The van der Waals surface area contributed by atoms with Crippen LogP contribution in [0.15, 0.2) is 28.7 Å². The molecular formula is C25H41NO. The molecule has 27 heavy (non-hydrogen) atoms.